The SMILES string of the molecule is O=C(Cc1ccc(Cl)cc1)NN=Cc1cc(Br)ccc1O. The minimum atomic E-state index is -0.247. The highest BCUT2D eigenvalue weighted by atomic mass is 79.9. The van der Waals surface area contributed by atoms with Gasteiger partial charge in [-0.3, -0.25) is 4.79 Å². The summed E-state index contributed by atoms with van der Waals surface area (Å²) < 4.78 is 0.814. The number of benzene rings is 2. The molecule has 0 aromatic heterocycles. The molecule has 21 heavy (non-hydrogen) atoms. The molecule has 2 rings (SSSR count). The molecule has 2 aromatic rings. The van der Waals surface area contributed by atoms with Crippen LogP contribution in [0.1, 0.15) is 11.1 Å². The van der Waals surface area contributed by atoms with E-state index in [1.807, 2.05) is 0 Å². The Morgan fingerprint density at radius 3 is 2.71 bits per heavy atom. The molecule has 0 fully saturated rings. The third-order valence-corrected chi connectivity index (χ3v) is 3.41. The number of phenols is 1. The third kappa shape index (κ3) is 4.88. The number of hydrogen-bond acceptors (Lipinski definition) is 3. The van der Waals surface area contributed by atoms with Crippen LogP contribution in [0.3, 0.4) is 0 Å². The second-order valence-corrected chi connectivity index (χ2v) is 5.65. The number of nitrogens with zero attached hydrogens (tertiary/aromatic N) is 1. The molecular formula is C15H12BrClN2O2. The van der Waals surface area contributed by atoms with E-state index in [4.69, 9.17) is 11.6 Å². The van der Waals surface area contributed by atoms with Gasteiger partial charge in [0.1, 0.15) is 5.75 Å². The van der Waals surface area contributed by atoms with E-state index < -0.39 is 0 Å². The van der Waals surface area contributed by atoms with E-state index in [1.54, 1.807) is 42.5 Å². The smallest absolute Gasteiger partial charge is 0.244 e. The number of rotatable bonds is 4. The van der Waals surface area contributed by atoms with Crippen molar-refractivity contribution in [2.24, 2.45) is 5.10 Å². The highest BCUT2D eigenvalue weighted by Crippen LogP contribution is 2.19. The van der Waals surface area contributed by atoms with Crippen molar-refractivity contribution in [2.75, 3.05) is 0 Å². The minimum Gasteiger partial charge on any atom is -0.507 e. The molecular weight excluding hydrogens is 356 g/mol. The van der Waals surface area contributed by atoms with E-state index in [9.17, 15) is 9.90 Å². The number of carbonyl (C=O) groups excluding carboxylic acids is 1. The summed E-state index contributed by atoms with van der Waals surface area (Å²) in [5.74, 6) is -0.156. The molecule has 0 bridgehead atoms. The fourth-order valence-corrected chi connectivity index (χ4v) is 2.13. The van der Waals surface area contributed by atoms with Gasteiger partial charge in [-0.2, -0.15) is 5.10 Å². The fraction of sp³-hybridized carbons (Fsp3) is 0.0667. The van der Waals surface area contributed by atoms with Crippen molar-refractivity contribution < 1.29 is 9.90 Å². The Balaban J connectivity index is 1.93. The van der Waals surface area contributed by atoms with Gasteiger partial charge in [0, 0.05) is 15.1 Å². The molecule has 0 spiro atoms. The van der Waals surface area contributed by atoms with Crippen LogP contribution in [0, 0.1) is 0 Å². The Hall–Kier alpha value is -1.85. The van der Waals surface area contributed by atoms with Crippen LogP contribution in [0.2, 0.25) is 5.02 Å². The summed E-state index contributed by atoms with van der Waals surface area (Å²) >= 11 is 9.07. The maximum absolute atomic E-state index is 11.7. The van der Waals surface area contributed by atoms with Gasteiger partial charge >= 0.3 is 0 Å². The molecule has 0 atom stereocenters. The summed E-state index contributed by atoms with van der Waals surface area (Å²) in [6.07, 6.45) is 1.60. The van der Waals surface area contributed by atoms with E-state index in [1.165, 1.54) is 6.21 Å². The molecule has 4 nitrogen and oxygen atoms in total. The summed E-state index contributed by atoms with van der Waals surface area (Å²) in [4.78, 5) is 11.7. The zero-order valence-electron chi connectivity index (χ0n) is 10.9. The van der Waals surface area contributed by atoms with Crippen molar-refractivity contribution >= 4 is 39.7 Å². The first kappa shape index (κ1) is 15.5. The molecule has 0 saturated heterocycles. The Kier molecular flexibility index (Phi) is 5.36. The average molecular weight is 368 g/mol. The van der Waals surface area contributed by atoms with Gasteiger partial charge in [0.05, 0.1) is 12.6 Å². The van der Waals surface area contributed by atoms with Gasteiger partial charge in [0.25, 0.3) is 0 Å². The molecule has 1 amide bonds. The van der Waals surface area contributed by atoms with Crippen LogP contribution in [0.5, 0.6) is 5.75 Å². The van der Waals surface area contributed by atoms with Gasteiger partial charge in [-0.25, -0.2) is 5.43 Å². The average Bonchev–Trinajstić information content (AvgIpc) is 2.45. The zero-order valence-corrected chi connectivity index (χ0v) is 13.2. The van der Waals surface area contributed by atoms with Crippen LogP contribution in [0.4, 0.5) is 0 Å². The highest BCUT2D eigenvalue weighted by Gasteiger charge is 2.02. The summed E-state index contributed by atoms with van der Waals surface area (Å²) in [6.45, 7) is 0. The van der Waals surface area contributed by atoms with Crippen molar-refractivity contribution in [3.8, 4) is 5.75 Å². The number of carbonyl (C=O) groups is 1. The molecule has 0 aliphatic carbocycles. The largest absolute Gasteiger partial charge is 0.507 e. The number of amides is 1. The van der Waals surface area contributed by atoms with E-state index in [-0.39, 0.29) is 18.1 Å². The third-order valence-electron chi connectivity index (χ3n) is 2.66. The van der Waals surface area contributed by atoms with Crippen LogP contribution in [0.25, 0.3) is 0 Å². The normalized spacial score (nSPS) is 10.8. The standard InChI is InChI=1S/C15H12BrClN2O2/c16-12-3-6-14(20)11(8-12)9-18-19-15(21)7-10-1-4-13(17)5-2-10/h1-6,8-9,20H,7H2,(H,19,21). The summed E-state index contributed by atoms with van der Waals surface area (Å²) in [5, 5.41) is 14.1. The number of aromatic hydroxyl groups is 1. The number of hydrogen-bond donors (Lipinski definition) is 2. The molecule has 0 radical (unpaired) electrons. The maximum Gasteiger partial charge on any atom is 0.244 e. The zero-order chi connectivity index (χ0) is 15.2. The first-order valence-electron chi connectivity index (χ1n) is 6.09. The lowest BCUT2D eigenvalue weighted by Crippen LogP contribution is -2.19. The Bertz CT molecular complexity index is 672. The number of nitrogens with one attached hydrogen (secondary N) is 1. The van der Waals surface area contributed by atoms with Gasteiger partial charge in [-0.15, -0.1) is 0 Å². The first-order chi connectivity index (χ1) is 10.0. The van der Waals surface area contributed by atoms with E-state index in [0.717, 1.165) is 10.0 Å². The maximum atomic E-state index is 11.7. The minimum absolute atomic E-state index is 0.0916. The summed E-state index contributed by atoms with van der Waals surface area (Å²) in [5.41, 5.74) is 3.77. The molecule has 0 aliphatic heterocycles. The van der Waals surface area contributed by atoms with Gasteiger partial charge in [-0.05, 0) is 35.9 Å². The molecule has 6 heteroatoms. The lowest BCUT2D eigenvalue weighted by molar-refractivity contribution is -0.120. The molecule has 0 heterocycles. The lowest BCUT2D eigenvalue weighted by Gasteiger charge is -2.02. The van der Waals surface area contributed by atoms with Crippen LogP contribution in [-0.2, 0) is 11.2 Å². The highest BCUT2D eigenvalue weighted by molar-refractivity contribution is 9.10. The monoisotopic (exact) mass is 366 g/mol. The predicted octanol–water partition coefficient (Wildman–Crippen LogP) is 3.50. The molecule has 0 unspecified atom stereocenters. The number of halogens is 2. The van der Waals surface area contributed by atoms with Crippen LogP contribution in [0.15, 0.2) is 52.0 Å². The fourth-order valence-electron chi connectivity index (χ4n) is 1.63. The van der Waals surface area contributed by atoms with Gasteiger partial charge in [-0.1, -0.05) is 39.7 Å². The Morgan fingerprint density at radius 1 is 1.29 bits per heavy atom. The number of phenolic OH excluding ortho intramolecular Hbond substituents is 1. The molecule has 2 aromatic carbocycles. The lowest BCUT2D eigenvalue weighted by atomic mass is 10.1. The topological polar surface area (TPSA) is 61.7 Å². The van der Waals surface area contributed by atoms with Gasteiger partial charge in [0.2, 0.25) is 5.91 Å². The van der Waals surface area contributed by atoms with Crippen molar-refractivity contribution in [3.05, 3.63) is 63.1 Å². The van der Waals surface area contributed by atoms with Gasteiger partial charge in [0.15, 0.2) is 0 Å². The van der Waals surface area contributed by atoms with Crippen LogP contribution in [-0.4, -0.2) is 17.2 Å². The Morgan fingerprint density at radius 2 is 2.00 bits per heavy atom. The molecule has 2 N–H and O–H groups in total. The molecule has 0 saturated carbocycles. The quantitative estimate of drug-likeness (QED) is 0.642. The Labute approximate surface area is 135 Å². The van der Waals surface area contributed by atoms with Gasteiger partial charge < -0.3 is 5.11 Å². The van der Waals surface area contributed by atoms with E-state index in [2.05, 4.69) is 26.5 Å². The van der Waals surface area contributed by atoms with Crippen molar-refractivity contribution in [3.63, 3.8) is 0 Å². The summed E-state index contributed by atoms with van der Waals surface area (Å²) in [6, 6.07) is 12.0. The molecule has 108 valence electrons. The van der Waals surface area contributed by atoms with Crippen molar-refractivity contribution in [1.82, 2.24) is 5.43 Å². The number of hydrazone groups is 1. The second-order valence-electron chi connectivity index (χ2n) is 4.30. The van der Waals surface area contributed by atoms with E-state index in [0.29, 0.717) is 10.6 Å². The van der Waals surface area contributed by atoms with Crippen LogP contribution < -0.4 is 5.43 Å². The van der Waals surface area contributed by atoms with Crippen molar-refractivity contribution in [2.45, 2.75) is 6.42 Å². The predicted molar refractivity (Wildman–Crippen MR) is 86.7 cm³/mol. The van der Waals surface area contributed by atoms with Crippen molar-refractivity contribution in [1.29, 1.82) is 0 Å². The van der Waals surface area contributed by atoms with E-state index >= 15 is 0 Å². The first-order valence-corrected chi connectivity index (χ1v) is 7.26. The second kappa shape index (κ2) is 7.24. The molecule has 0 aliphatic rings. The van der Waals surface area contributed by atoms with Crippen LogP contribution >= 0.6 is 27.5 Å². The summed E-state index contributed by atoms with van der Waals surface area (Å²) in [7, 11) is 0.